The van der Waals surface area contributed by atoms with Crippen LogP contribution < -0.4 is 0 Å². The van der Waals surface area contributed by atoms with Gasteiger partial charge in [0.1, 0.15) is 0 Å². The molecule has 1 unspecified atom stereocenters. The van der Waals surface area contributed by atoms with E-state index in [1.807, 2.05) is 9.96 Å². The normalized spacial score (nSPS) is 27.1. The Hall–Kier alpha value is -0.690. The van der Waals surface area contributed by atoms with Gasteiger partial charge in [0.15, 0.2) is 0 Å². The van der Waals surface area contributed by atoms with Gasteiger partial charge in [-0.1, -0.05) is 0 Å². The number of hydrogen-bond donors (Lipinski definition) is 1. The van der Waals surface area contributed by atoms with Gasteiger partial charge in [-0.2, -0.15) is 5.06 Å². The number of carboxylic acid groups (broad SMARTS) is 1. The van der Waals surface area contributed by atoms with Crippen LogP contribution in [-0.2, 0) is 9.63 Å². The SMILES string of the molecule is CC(C)(C)N1CCC(ON2CCN(CC(=O)O)CC2)C1. The molecule has 20 heavy (non-hydrogen) atoms. The summed E-state index contributed by atoms with van der Waals surface area (Å²) >= 11 is 0. The molecule has 6 heteroatoms. The Bertz CT molecular complexity index is 335. The van der Waals surface area contributed by atoms with Gasteiger partial charge in [-0.15, -0.1) is 0 Å². The van der Waals surface area contributed by atoms with Crippen LogP contribution in [0, 0.1) is 0 Å². The second-order valence-corrected chi connectivity index (χ2v) is 6.73. The smallest absolute Gasteiger partial charge is 0.317 e. The molecule has 2 aliphatic rings. The van der Waals surface area contributed by atoms with Crippen LogP contribution in [0.4, 0.5) is 0 Å². The van der Waals surface area contributed by atoms with Crippen molar-refractivity contribution in [3.05, 3.63) is 0 Å². The highest BCUT2D eigenvalue weighted by Gasteiger charge is 2.32. The van der Waals surface area contributed by atoms with Gasteiger partial charge >= 0.3 is 5.97 Å². The van der Waals surface area contributed by atoms with E-state index >= 15 is 0 Å². The fourth-order valence-electron chi connectivity index (χ4n) is 2.82. The van der Waals surface area contributed by atoms with Gasteiger partial charge in [-0.05, 0) is 27.2 Å². The lowest BCUT2D eigenvalue weighted by atomic mass is 10.1. The topological polar surface area (TPSA) is 56.2 Å². The maximum Gasteiger partial charge on any atom is 0.317 e. The van der Waals surface area contributed by atoms with Crippen molar-refractivity contribution >= 4 is 5.97 Å². The average Bonchev–Trinajstić information content (AvgIpc) is 2.79. The minimum Gasteiger partial charge on any atom is -0.480 e. The molecule has 2 fully saturated rings. The van der Waals surface area contributed by atoms with Crippen molar-refractivity contribution in [2.45, 2.75) is 38.8 Å². The second kappa shape index (κ2) is 6.39. The zero-order valence-electron chi connectivity index (χ0n) is 12.8. The highest BCUT2D eigenvalue weighted by molar-refractivity contribution is 5.69. The second-order valence-electron chi connectivity index (χ2n) is 6.73. The summed E-state index contributed by atoms with van der Waals surface area (Å²) in [4.78, 5) is 21.1. The van der Waals surface area contributed by atoms with Gasteiger partial charge in [0.2, 0.25) is 0 Å². The predicted octanol–water partition coefficient (Wildman–Crippen LogP) is 0.493. The van der Waals surface area contributed by atoms with Crippen LogP contribution >= 0.6 is 0 Å². The molecule has 2 saturated heterocycles. The molecular weight excluding hydrogens is 258 g/mol. The van der Waals surface area contributed by atoms with E-state index in [1.165, 1.54) is 0 Å². The van der Waals surface area contributed by atoms with E-state index in [4.69, 9.17) is 9.94 Å². The molecule has 1 N–H and O–H groups in total. The van der Waals surface area contributed by atoms with Crippen LogP contribution in [0.1, 0.15) is 27.2 Å². The zero-order valence-corrected chi connectivity index (χ0v) is 12.8. The molecule has 0 aliphatic carbocycles. The first kappa shape index (κ1) is 15.7. The molecule has 0 aromatic heterocycles. The molecule has 2 rings (SSSR count). The molecule has 2 aliphatic heterocycles. The number of nitrogens with zero attached hydrogens (tertiary/aromatic N) is 3. The number of carbonyl (C=O) groups is 1. The first-order chi connectivity index (χ1) is 9.34. The van der Waals surface area contributed by atoms with E-state index in [1.54, 1.807) is 0 Å². The third-order valence-corrected chi connectivity index (χ3v) is 4.08. The summed E-state index contributed by atoms with van der Waals surface area (Å²) in [7, 11) is 0. The van der Waals surface area contributed by atoms with E-state index in [9.17, 15) is 4.79 Å². The molecule has 0 amide bonds. The van der Waals surface area contributed by atoms with Crippen LogP contribution in [0.3, 0.4) is 0 Å². The van der Waals surface area contributed by atoms with E-state index in [2.05, 4.69) is 25.7 Å². The van der Waals surface area contributed by atoms with Gasteiger partial charge in [0, 0.05) is 44.8 Å². The molecule has 0 spiro atoms. The average molecular weight is 285 g/mol. The summed E-state index contributed by atoms with van der Waals surface area (Å²) in [6.07, 6.45) is 1.35. The van der Waals surface area contributed by atoms with Gasteiger partial charge in [0.25, 0.3) is 0 Å². The lowest BCUT2D eigenvalue weighted by Crippen LogP contribution is -2.49. The van der Waals surface area contributed by atoms with Gasteiger partial charge in [-0.25, -0.2) is 0 Å². The van der Waals surface area contributed by atoms with Crippen molar-refractivity contribution < 1.29 is 14.7 Å². The molecule has 6 nitrogen and oxygen atoms in total. The number of hydroxylamine groups is 2. The summed E-state index contributed by atoms with van der Waals surface area (Å²) in [6.45, 7) is 12.0. The number of piperazine rings is 1. The van der Waals surface area contributed by atoms with Gasteiger partial charge < -0.3 is 5.11 Å². The minimum absolute atomic E-state index is 0.134. The first-order valence-corrected chi connectivity index (χ1v) is 7.45. The Morgan fingerprint density at radius 1 is 1.20 bits per heavy atom. The summed E-state index contributed by atoms with van der Waals surface area (Å²) < 4.78 is 0. The molecule has 0 bridgehead atoms. The molecule has 1 atom stereocenters. The van der Waals surface area contributed by atoms with Crippen LogP contribution in [0.25, 0.3) is 0 Å². The molecule has 0 saturated carbocycles. The third kappa shape index (κ3) is 4.41. The quantitative estimate of drug-likeness (QED) is 0.811. The van der Waals surface area contributed by atoms with Gasteiger partial charge in [0.05, 0.1) is 12.6 Å². The van der Waals surface area contributed by atoms with E-state index in [0.717, 1.165) is 45.7 Å². The number of rotatable bonds is 4. The molecule has 0 radical (unpaired) electrons. The molecule has 2 heterocycles. The van der Waals surface area contributed by atoms with Crippen molar-refractivity contribution in [3.63, 3.8) is 0 Å². The summed E-state index contributed by atoms with van der Waals surface area (Å²) in [5.74, 6) is -0.754. The van der Waals surface area contributed by atoms with Crippen molar-refractivity contribution in [3.8, 4) is 0 Å². The third-order valence-electron chi connectivity index (χ3n) is 4.08. The number of likely N-dealkylation sites (tertiary alicyclic amines) is 1. The number of carboxylic acids is 1. The van der Waals surface area contributed by atoms with Crippen molar-refractivity contribution in [2.24, 2.45) is 0 Å². The minimum atomic E-state index is -0.754. The Kier molecular flexibility index (Phi) is 5.01. The molecule has 116 valence electrons. The van der Waals surface area contributed by atoms with Crippen LogP contribution in [0.15, 0.2) is 0 Å². The Morgan fingerprint density at radius 3 is 2.35 bits per heavy atom. The van der Waals surface area contributed by atoms with Gasteiger partial charge in [-0.3, -0.25) is 19.4 Å². The lowest BCUT2D eigenvalue weighted by Gasteiger charge is -2.35. The number of aliphatic carboxylic acids is 1. The summed E-state index contributed by atoms with van der Waals surface area (Å²) in [6, 6.07) is 0. The van der Waals surface area contributed by atoms with Crippen LogP contribution in [0.2, 0.25) is 0 Å². The maximum atomic E-state index is 10.7. The summed E-state index contributed by atoms with van der Waals surface area (Å²) in [5.41, 5.74) is 0.207. The monoisotopic (exact) mass is 285 g/mol. The zero-order chi connectivity index (χ0) is 14.8. The number of hydrogen-bond acceptors (Lipinski definition) is 5. The van der Waals surface area contributed by atoms with E-state index in [0.29, 0.717) is 0 Å². The Labute approximate surface area is 121 Å². The van der Waals surface area contributed by atoms with Crippen LogP contribution in [-0.4, -0.2) is 83.4 Å². The van der Waals surface area contributed by atoms with Crippen molar-refractivity contribution in [1.29, 1.82) is 0 Å². The summed E-state index contributed by atoms with van der Waals surface area (Å²) in [5, 5.41) is 10.8. The Balaban J connectivity index is 1.70. The highest BCUT2D eigenvalue weighted by Crippen LogP contribution is 2.23. The fraction of sp³-hybridized carbons (Fsp3) is 0.929. The van der Waals surface area contributed by atoms with E-state index < -0.39 is 5.97 Å². The maximum absolute atomic E-state index is 10.7. The highest BCUT2D eigenvalue weighted by atomic mass is 16.7. The Morgan fingerprint density at radius 2 is 1.85 bits per heavy atom. The van der Waals surface area contributed by atoms with Crippen LogP contribution in [0.5, 0.6) is 0 Å². The largest absolute Gasteiger partial charge is 0.480 e. The predicted molar refractivity (Wildman–Crippen MR) is 76.5 cm³/mol. The lowest BCUT2D eigenvalue weighted by molar-refractivity contribution is -0.209. The first-order valence-electron chi connectivity index (χ1n) is 7.45. The molecular formula is C14H27N3O3. The van der Waals surface area contributed by atoms with E-state index in [-0.39, 0.29) is 18.2 Å². The fourth-order valence-corrected chi connectivity index (χ4v) is 2.82. The van der Waals surface area contributed by atoms with Crippen molar-refractivity contribution in [2.75, 3.05) is 45.8 Å². The molecule has 0 aromatic rings. The van der Waals surface area contributed by atoms with Crippen molar-refractivity contribution in [1.82, 2.24) is 14.9 Å². The standard InChI is InChI=1S/C14H27N3O3/c1-14(2,3)16-5-4-12(10-16)20-17-8-6-15(7-9-17)11-13(18)19/h12H,4-11H2,1-3H3,(H,18,19). The molecule has 0 aromatic carbocycles.